The summed E-state index contributed by atoms with van der Waals surface area (Å²) in [6, 6.07) is 0. The van der Waals surface area contributed by atoms with Crippen LogP contribution in [0.15, 0.2) is 57.7 Å². The van der Waals surface area contributed by atoms with E-state index in [1.165, 1.54) is 7.05 Å². The van der Waals surface area contributed by atoms with Crippen molar-refractivity contribution in [2.24, 2.45) is 27.2 Å². The first-order valence-electron chi connectivity index (χ1n) is 8.68. The Hall–Kier alpha value is -2.45. The molecule has 0 aromatic heterocycles. The van der Waals surface area contributed by atoms with E-state index in [1.807, 2.05) is 64.2 Å². The molecule has 27 heavy (non-hydrogen) atoms. The zero-order valence-corrected chi connectivity index (χ0v) is 17.8. The summed E-state index contributed by atoms with van der Waals surface area (Å²) in [6.45, 7) is 8.69. The number of aliphatic imine (C=N–C) groups is 2. The Morgan fingerprint density at radius 2 is 1.63 bits per heavy atom. The summed E-state index contributed by atoms with van der Waals surface area (Å²) in [5, 5.41) is 3.21. The maximum atomic E-state index is 5.56. The second-order valence-corrected chi connectivity index (χ2v) is 5.33. The number of hydrogen-bond donors (Lipinski definition) is 4. The smallest absolute Gasteiger partial charge is 0.257 e. The Bertz CT molecular complexity index is 573. The van der Waals surface area contributed by atoms with Gasteiger partial charge in [0.15, 0.2) is 5.96 Å². The number of rotatable bonds is 9. The summed E-state index contributed by atoms with van der Waals surface area (Å²) >= 11 is 5.12. The second kappa shape index (κ2) is 18.3. The van der Waals surface area contributed by atoms with E-state index in [0.717, 1.165) is 11.3 Å². The van der Waals surface area contributed by atoms with Crippen molar-refractivity contribution >= 4 is 29.6 Å². The van der Waals surface area contributed by atoms with Crippen LogP contribution >= 0.6 is 12.2 Å². The van der Waals surface area contributed by atoms with Crippen molar-refractivity contribution in [2.45, 2.75) is 33.8 Å². The van der Waals surface area contributed by atoms with E-state index < -0.39 is 0 Å². The van der Waals surface area contributed by atoms with Crippen LogP contribution in [0.1, 0.15) is 27.7 Å². The van der Waals surface area contributed by atoms with Crippen molar-refractivity contribution in [2.75, 3.05) is 20.1 Å². The van der Waals surface area contributed by atoms with Crippen LogP contribution in [0.2, 0.25) is 0 Å². The number of nitrogens with two attached hydrogens (primary N) is 3. The zero-order valence-electron chi connectivity index (χ0n) is 17.0. The molecule has 7 nitrogen and oxygen atoms in total. The van der Waals surface area contributed by atoms with Crippen molar-refractivity contribution in [3.63, 3.8) is 0 Å². The van der Waals surface area contributed by atoms with Crippen LogP contribution < -0.4 is 22.5 Å². The van der Waals surface area contributed by atoms with E-state index >= 15 is 0 Å². The number of nitrogens with zero attached hydrogens (tertiary/aromatic N) is 2. The fourth-order valence-electron chi connectivity index (χ4n) is 1.73. The van der Waals surface area contributed by atoms with Crippen LogP contribution in [0.3, 0.4) is 0 Å². The van der Waals surface area contributed by atoms with Crippen molar-refractivity contribution in [1.82, 2.24) is 5.32 Å². The van der Waals surface area contributed by atoms with Gasteiger partial charge in [-0.15, -0.1) is 0 Å². The summed E-state index contributed by atoms with van der Waals surface area (Å²) in [5.41, 5.74) is 16.9. The first kappa shape index (κ1) is 26.8. The Morgan fingerprint density at radius 1 is 1.07 bits per heavy atom. The van der Waals surface area contributed by atoms with E-state index in [0.29, 0.717) is 13.1 Å². The highest BCUT2D eigenvalue weighted by atomic mass is 32.1. The van der Waals surface area contributed by atoms with E-state index in [2.05, 4.69) is 21.0 Å². The Labute approximate surface area is 168 Å². The lowest BCUT2D eigenvalue weighted by atomic mass is 10.1. The number of ether oxygens (including phenoxy) is 1. The summed E-state index contributed by atoms with van der Waals surface area (Å²) in [5.74, 6) is 0.0514. The van der Waals surface area contributed by atoms with Gasteiger partial charge in [0.05, 0.1) is 12.2 Å². The van der Waals surface area contributed by atoms with Gasteiger partial charge < -0.3 is 27.3 Å². The van der Waals surface area contributed by atoms with Crippen molar-refractivity contribution < 1.29 is 4.74 Å². The lowest BCUT2D eigenvalue weighted by Gasteiger charge is -2.12. The van der Waals surface area contributed by atoms with Gasteiger partial charge in [-0.2, -0.15) is 0 Å². The van der Waals surface area contributed by atoms with E-state index in [4.69, 9.17) is 28.4 Å². The topological polar surface area (TPSA) is 124 Å². The number of nitrogens with one attached hydrogen (secondary N) is 1. The molecule has 0 radical (unpaired) electrons. The Kier molecular flexibility index (Phi) is 18.2. The number of hydrogen-bond acceptors (Lipinski definition) is 5. The molecule has 0 saturated heterocycles. The molecule has 0 fully saturated rings. The third-order valence-corrected chi connectivity index (χ3v) is 2.95. The molecule has 0 aliphatic heterocycles. The minimum Gasteiger partial charge on any atom is -0.462 e. The van der Waals surface area contributed by atoms with E-state index in [1.54, 1.807) is 6.21 Å². The average molecular weight is 395 g/mol. The van der Waals surface area contributed by atoms with Crippen LogP contribution in [0.5, 0.6) is 0 Å². The number of allylic oxidation sites excluding steroid dienone is 7. The molecular formula is C19H34N6OS. The molecule has 0 amide bonds. The molecule has 1 unspecified atom stereocenters. The molecule has 0 aliphatic rings. The van der Waals surface area contributed by atoms with Crippen molar-refractivity contribution in [3.8, 4) is 0 Å². The molecule has 0 rings (SSSR count). The zero-order chi connectivity index (χ0) is 21.1. The van der Waals surface area contributed by atoms with Crippen LogP contribution in [-0.2, 0) is 4.74 Å². The van der Waals surface area contributed by atoms with Gasteiger partial charge in [-0.3, -0.25) is 9.98 Å². The summed E-state index contributed by atoms with van der Waals surface area (Å²) in [4.78, 5) is 8.37. The third-order valence-electron chi connectivity index (χ3n) is 2.70. The molecule has 0 heterocycles. The molecule has 0 bridgehead atoms. The monoisotopic (exact) mass is 394 g/mol. The van der Waals surface area contributed by atoms with Gasteiger partial charge in [-0.25, -0.2) is 0 Å². The standard InChI is InChI=1S/C18H29N5OS.CH5N/c1-5-8-15(9-6-2)16(10-7-3)23-13-14(4)24-18(25)22-12-11-21-17(19)20;1-2/h5-10,13-14H,11-12H2,1-4H3,(H,22,25)(H4,19,20,21);2H2,1H3/b8-5-,9-6-,10-7-,23-13?;. The quantitative estimate of drug-likeness (QED) is 0.156. The van der Waals surface area contributed by atoms with Gasteiger partial charge in [0.25, 0.3) is 5.17 Å². The Morgan fingerprint density at radius 3 is 2.11 bits per heavy atom. The van der Waals surface area contributed by atoms with Gasteiger partial charge in [0, 0.05) is 12.8 Å². The average Bonchev–Trinajstić information content (AvgIpc) is 2.63. The van der Waals surface area contributed by atoms with E-state index in [-0.39, 0.29) is 17.2 Å². The number of thiocarbonyl (C=S) groups is 1. The van der Waals surface area contributed by atoms with Crippen molar-refractivity contribution in [1.29, 1.82) is 0 Å². The van der Waals surface area contributed by atoms with Crippen LogP contribution in [-0.4, -0.2) is 43.6 Å². The first-order chi connectivity index (χ1) is 12.9. The van der Waals surface area contributed by atoms with E-state index in [9.17, 15) is 0 Å². The molecular weight excluding hydrogens is 360 g/mol. The third kappa shape index (κ3) is 15.5. The molecule has 152 valence electrons. The minimum atomic E-state index is -0.277. The van der Waals surface area contributed by atoms with Crippen LogP contribution in [0.25, 0.3) is 0 Å². The lowest BCUT2D eigenvalue weighted by molar-refractivity contribution is 0.273. The van der Waals surface area contributed by atoms with Gasteiger partial charge in [-0.1, -0.05) is 30.4 Å². The molecule has 0 aromatic rings. The van der Waals surface area contributed by atoms with Crippen molar-refractivity contribution in [3.05, 3.63) is 47.7 Å². The SMILES string of the molecule is C/C=C\C(/C=C\C)=C(/C=C\C)N=CC(C)OC(=S)NCCN=C(N)N.CN. The molecule has 0 aromatic carbocycles. The molecule has 1 atom stereocenters. The molecule has 7 N–H and O–H groups in total. The highest BCUT2D eigenvalue weighted by molar-refractivity contribution is 7.80. The predicted molar refractivity (Wildman–Crippen MR) is 122 cm³/mol. The van der Waals surface area contributed by atoms with Gasteiger partial charge in [0.1, 0.15) is 6.10 Å². The van der Waals surface area contributed by atoms with Crippen LogP contribution in [0, 0.1) is 0 Å². The van der Waals surface area contributed by atoms with Crippen LogP contribution in [0.4, 0.5) is 0 Å². The fourth-order valence-corrected chi connectivity index (χ4v) is 1.98. The maximum Gasteiger partial charge on any atom is 0.257 e. The first-order valence-corrected chi connectivity index (χ1v) is 9.09. The second-order valence-electron chi connectivity index (χ2n) is 4.96. The summed E-state index contributed by atoms with van der Waals surface area (Å²) in [6.07, 6.45) is 13.3. The molecule has 8 heteroatoms. The molecule has 0 spiro atoms. The summed E-state index contributed by atoms with van der Waals surface area (Å²) in [7, 11) is 1.50. The lowest BCUT2D eigenvalue weighted by Crippen LogP contribution is -2.31. The minimum absolute atomic E-state index is 0.0514. The van der Waals surface area contributed by atoms with Gasteiger partial charge >= 0.3 is 0 Å². The predicted octanol–water partition coefficient (Wildman–Crippen LogP) is 2.17. The fraction of sp³-hybridized carbons (Fsp3) is 0.421. The number of guanidine groups is 1. The highest BCUT2D eigenvalue weighted by Gasteiger charge is 2.03. The Balaban J connectivity index is 0. The molecule has 0 saturated carbocycles. The highest BCUT2D eigenvalue weighted by Crippen LogP contribution is 2.12. The molecule has 0 aliphatic carbocycles. The largest absolute Gasteiger partial charge is 0.462 e. The maximum absolute atomic E-state index is 5.56. The van der Waals surface area contributed by atoms with Gasteiger partial charge in [0.2, 0.25) is 0 Å². The van der Waals surface area contributed by atoms with Gasteiger partial charge in [-0.05, 0) is 58.6 Å². The normalized spacial score (nSPS) is 12.1. The summed E-state index contributed by atoms with van der Waals surface area (Å²) < 4.78 is 5.56.